The largest absolute Gasteiger partial charge is 0.352 e. The molecule has 1 saturated heterocycles. The van der Waals surface area contributed by atoms with Crippen molar-refractivity contribution in [2.24, 2.45) is 23.5 Å². The molecular formula is C15H29Cl2N3O. The van der Waals surface area contributed by atoms with Crippen LogP contribution >= 0.6 is 24.8 Å². The van der Waals surface area contributed by atoms with Crippen LogP contribution in [0.4, 0.5) is 0 Å². The van der Waals surface area contributed by atoms with E-state index < -0.39 is 0 Å². The Hall–Kier alpha value is -0.0300. The fourth-order valence-corrected chi connectivity index (χ4v) is 3.88. The highest BCUT2D eigenvalue weighted by Crippen LogP contribution is 2.33. The van der Waals surface area contributed by atoms with E-state index in [0.29, 0.717) is 24.4 Å². The Balaban J connectivity index is 0.00000110. The Bertz CT molecular complexity index is 352. The van der Waals surface area contributed by atoms with E-state index in [4.69, 9.17) is 5.73 Å². The molecule has 2 unspecified atom stereocenters. The van der Waals surface area contributed by atoms with Gasteiger partial charge in [-0.15, -0.1) is 24.8 Å². The SMILES string of the molecule is CC1CN(C2CC2)CC1NC(=O)[C@@H]1CCC[C@@H]1CN.Cl.Cl. The molecule has 0 radical (unpaired) electrons. The Morgan fingerprint density at radius 3 is 2.52 bits per heavy atom. The molecule has 4 atom stereocenters. The molecule has 3 aliphatic rings. The number of likely N-dealkylation sites (tertiary alicyclic amines) is 1. The van der Waals surface area contributed by atoms with Crippen LogP contribution in [0.3, 0.4) is 0 Å². The van der Waals surface area contributed by atoms with Crippen molar-refractivity contribution >= 4 is 30.7 Å². The first-order chi connectivity index (χ1) is 9.19. The maximum absolute atomic E-state index is 12.4. The van der Waals surface area contributed by atoms with Crippen LogP contribution in [0.5, 0.6) is 0 Å². The molecule has 2 saturated carbocycles. The minimum Gasteiger partial charge on any atom is -0.352 e. The highest BCUT2D eigenvalue weighted by atomic mass is 35.5. The molecule has 3 N–H and O–H groups in total. The zero-order valence-electron chi connectivity index (χ0n) is 12.8. The molecule has 0 spiro atoms. The van der Waals surface area contributed by atoms with Crippen LogP contribution in [-0.2, 0) is 4.79 Å². The molecule has 3 fully saturated rings. The van der Waals surface area contributed by atoms with Gasteiger partial charge in [-0.1, -0.05) is 13.3 Å². The average molecular weight is 338 g/mol. The highest BCUT2D eigenvalue weighted by molar-refractivity contribution is 5.85. The summed E-state index contributed by atoms with van der Waals surface area (Å²) in [5.74, 6) is 1.44. The lowest BCUT2D eigenvalue weighted by molar-refractivity contribution is -0.126. The van der Waals surface area contributed by atoms with E-state index in [2.05, 4.69) is 17.1 Å². The standard InChI is InChI=1S/C15H27N3O.2ClH/c1-10-8-18(12-5-6-12)9-14(10)17-15(19)13-4-2-3-11(13)7-16;;/h10-14H,2-9,16H2,1H3,(H,17,19);2*1H/t10?,11-,13-,14?;;/m1../s1. The Kier molecular flexibility index (Phi) is 7.25. The van der Waals surface area contributed by atoms with Crippen LogP contribution in [0.1, 0.15) is 39.0 Å². The molecule has 0 aromatic rings. The van der Waals surface area contributed by atoms with Gasteiger partial charge in [-0.25, -0.2) is 0 Å². The summed E-state index contributed by atoms with van der Waals surface area (Å²) in [6, 6.07) is 1.17. The van der Waals surface area contributed by atoms with Crippen LogP contribution in [0.15, 0.2) is 0 Å². The summed E-state index contributed by atoms with van der Waals surface area (Å²) in [7, 11) is 0. The van der Waals surface area contributed by atoms with Gasteiger partial charge in [0.05, 0.1) is 0 Å². The number of carbonyl (C=O) groups excluding carboxylic acids is 1. The first kappa shape index (κ1) is 19.0. The minimum atomic E-state index is 0. The summed E-state index contributed by atoms with van der Waals surface area (Å²) >= 11 is 0. The van der Waals surface area contributed by atoms with Gasteiger partial charge >= 0.3 is 0 Å². The third-order valence-electron chi connectivity index (χ3n) is 5.33. The van der Waals surface area contributed by atoms with Crippen molar-refractivity contribution in [2.75, 3.05) is 19.6 Å². The van der Waals surface area contributed by atoms with Gasteiger partial charge in [-0.2, -0.15) is 0 Å². The van der Waals surface area contributed by atoms with Gasteiger partial charge in [0.1, 0.15) is 0 Å². The molecule has 2 aliphatic carbocycles. The van der Waals surface area contributed by atoms with Crippen LogP contribution in [0, 0.1) is 17.8 Å². The van der Waals surface area contributed by atoms with Crippen molar-refractivity contribution in [2.45, 2.75) is 51.1 Å². The molecule has 124 valence electrons. The second-order valence-electron chi connectivity index (χ2n) is 6.81. The van der Waals surface area contributed by atoms with Gasteiger partial charge in [0, 0.05) is 31.1 Å². The zero-order chi connectivity index (χ0) is 13.4. The summed E-state index contributed by atoms with van der Waals surface area (Å²) in [5.41, 5.74) is 5.78. The number of rotatable bonds is 4. The van der Waals surface area contributed by atoms with Crippen LogP contribution in [0.25, 0.3) is 0 Å². The Labute approximate surface area is 140 Å². The average Bonchev–Trinajstić information content (AvgIpc) is 3.02. The second kappa shape index (κ2) is 8.00. The summed E-state index contributed by atoms with van der Waals surface area (Å²) in [5, 5.41) is 3.31. The molecule has 0 bridgehead atoms. The number of halogens is 2. The van der Waals surface area contributed by atoms with Gasteiger partial charge < -0.3 is 11.1 Å². The highest BCUT2D eigenvalue weighted by Gasteiger charge is 2.40. The molecule has 1 amide bonds. The number of carbonyl (C=O) groups is 1. The van der Waals surface area contributed by atoms with Crippen LogP contribution < -0.4 is 11.1 Å². The zero-order valence-corrected chi connectivity index (χ0v) is 14.4. The van der Waals surface area contributed by atoms with Crippen LogP contribution in [-0.4, -0.2) is 42.5 Å². The first-order valence-electron chi connectivity index (χ1n) is 7.93. The van der Waals surface area contributed by atoms with Gasteiger partial charge in [-0.05, 0) is 44.1 Å². The van der Waals surface area contributed by atoms with E-state index in [1.807, 2.05) is 0 Å². The maximum Gasteiger partial charge on any atom is 0.223 e. The summed E-state index contributed by atoms with van der Waals surface area (Å²) in [4.78, 5) is 15.0. The maximum atomic E-state index is 12.4. The predicted octanol–water partition coefficient (Wildman–Crippen LogP) is 1.80. The van der Waals surface area contributed by atoms with Crippen molar-refractivity contribution in [3.63, 3.8) is 0 Å². The Morgan fingerprint density at radius 1 is 1.19 bits per heavy atom. The predicted molar refractivity (Wildman–Crippen MR) is 90.1 cm³/mol. The van der Waals surface area contributed by atoms with Gasteiger partial charge in [0.2, 0.25) is 5.91 Å². The number of hydrogen-bond acceptors (Lipinski definition) is 3. The smallest absolute Gasteiger partial charge is 0.223 e. The van der Waals surface area contributed by atoms with Crippen molar-refractivity contribution in [3.8, 4) is 0 Å². The fourth-order valence-electron chi connectivity index (χ4n) is 3.88. The van der Waals surface area contributed by atoms with Gasteiger partial charge in [0.25, 0.3) is 0 Å². The number of hydrogen-bond donors (Lipinski definition) is 2. The van der Waals surface area contributed by atoms with Crippen molar-refractivity contribution in [3.05, 3.63) is 0 Å². The van der Waals surface area contributed by atoms with E-state index in [0.717, 1.165) is 38.4 Å². The lowest BCUT2D eigenvalue weighted by Gasteiger charge is -2.22. The molecule has 21 heavy (non-hydrogen) atoms. The topological polar surface area (TPSA) is 58.4 Å². The number of nitrogens with one attached hydrogen (secondary N) is 1. The molecule has 6 heteroatoms. The second-order valence-corrected chi connectivity index (χ2v) is 6.81. The third kappa shape index (κ3) is 4.25. The summed E-state index contributed by atoms with van der Waals surface area (Å²) < 4.78 is 0. The van der Waals surface area contributed by atoms with Crippen molar-refractivity contribution in [1.82, 2.24) is 10.2 Å². The number of nitrogens with zero attached hydrogens (tertiary/aromatic N) is 1. The fraction of sp³-hybridized carbons (Fsp3) is 0.933. The summed E-state index contributed by atoms with van der Waals surface area (Å²) in [6.45, 7) is 5.13. The monoisotopic (exact) mass is 337 g/mol. The van der Waals surface area contributed by atoms with E-state index >= 15 is 0 Å². The molecular weight excluding hydrogens is 309 g/mol. The lowest BCUT2D eigenvalue weighted by Crippen LogP contribution is -2.44. The van der Waals surface area contributed by atoms with E-state index in [1.54, 1.807) is 0 Å². The molecule has 4 nitrogen and oxygen atoms in total. The lowest BCUT2D eigenvalue weighted by atomic mass is 9.94. The van der Waals surface area contributed by atoms with E-state index in [1.165, 1.54) is 12.8 Å². The van der Waals surface area contributed by atoms with Gasteiger partial charge in [0.15, 0.2) is 0 Å². The van der Waals surface area contributed by atoms with Gasteiger partial charge in [-0.3, -0.25) is 9.69 Å². The summed E-state index contributed by atoms with van der Waals surface area (Å²) in [6.07, 6.45) is 6.02. The van der Waals surface area contributed by atoms with Crippen molar-refractivity contribution < 1.29 is 4.79 Å². The van der Waals surface area contributed by atoms with E-state index in [9.17, 15) is 4.79 Å². The molecule has 3 rings (SSSR count). The normalized spacial score (nSPS) is 35.9. The molecule has 1 heterocycles. The third-order valence-corrected chi connectivity index (χ3v) is 5.33. The molecule has 0 aromatic carbocycles. The first-order valence-corrected chi connectivity index (χ1v) is 7.93. The molecule has 0 aromatic heterocycles. The van der Waals surface area contributed by atoms with E-state index in [-0.39, 0.29) is 36.6 Å². The molecule has 1 aliphatic heterocycles. The number of nitrogens with two attached hydrogens (primary N) is 1. The minimum absolute atomic E-state index is 0. The Morgan fingerprint density at radius 2 is 1.90 bits per heavy atom. The van der Waals surface area contributed by atoms with Crippen molar-refractivity contribution in [1.29, 1.82) is 0 Å². The number of amides is 1. The van der Waals surface area contributed by atoms with Crippen LogP contribution in [0.2, 0.25) is 0 Å². The quantitative estimate of drug-likeness (QED) is 0.822.